The van der Waals surface area contributed by atoms with Crippen LogP contribution in [0.25, 0.3) is 22.0 Å². The molecule has 1 N–H and O–H groups in total. The Balaban J connectivity index is 1.78. The fourth-order valence-electron chi connectivity index (χ4n) is 3.35. The van der Waals surface area contributed by atoms with Gasteiger partial charge in [-0.3, -0.25) is 4.79 Å². The molecule has 4 rings (SSSR count). The summed E-state index contributed by atoms with van der Waals surface area (Å²) in [6.45, 7) is 4.16. The van der Waals surface area contributed by atoms with Crippen molar-refractivity contribution in [2.24, 2.45) is 0 Å². The van der Waals surface area contributed by atoms with Gasteiger partial charge >= 0.3 is 0 Å². The lowest BCUT2D eigenvalue weighted by Crippen LogP contribution is -2.19. The maximum atomic E-state index is 12.1. The molecule has 0 atom stereocenters. The van der Waals surface area contributed by atoms with Crippen molar-refractivity contribution in [3.05, 3.63) is 52.3 Å². The van der Waals surface area contributed by atoms with E-state index < -0.39 is 0 Å². The number of benzene rings is 2. The molecule has 0 unspecified atom stereocenters. The van der Waals surface area contributed by atoms with Gasteiger partial charge in [0, 0.05) is 12.1 Å². The minimum Gasteiger partial charge on any atom is -0.456 e. The van der Waals surface area contributed by atoms with Crippen molar-refractivity contribution < 1.29 is 4.74 Å². The molecule has 3 aromatic rings. The smallest absolute Gasteiger partial charge is 0.272 e. The Morgan fingerprint density at radius 3 is 2.92 bits per heavy atom. The summed E-state index contributed by atoms with van der Waals surface area (Å²) in [6.07, 6.45) is 2.39. The Labute approximate surface area is 146 Å². The molecule has 0 aliphatic carbocycles. The quantitative estimate of drug-likeness (QED) is 0.600. The molecular formula is C20H21N3O2. The van der Waals surface area contributed by atoms with E-state index in [2.05, 4.69) is 41.2 Å². The van der Waals surface area contributed by atoms with Gasteiger partial charge in [0.25, 0.3) is 5.56 Å². The lowest BCUT2D eigenvalue weighted by Gasteiger charge is -2.21. The molecule has 0 saturated heterocycles. The summed E-state index contributed by atoms with van der Waals surface area (Å²) in [5.41, 5.74) is 2.73. The summed E-state index contributed by atoms with van der Waals surface area (Å²) >= 11 is 0. The van der Waals surface area contributed by atoms with Crippen molar-refractivity contribution in [3.63, 3.8) is 0 Å². The van der Waals surface area contributed by atoms with E-state index in [1.807, 2.05) is 18.2 Å². The summed E-state index contributed by atoms with van der Waals surface area (Å²) in [4.78, 5) is 14.4. The number of unbranched alkanes of at least 4 members (excludes halogenated alkanes) is 1. The first kappa shape index (κ1) is 15.8. The first-order chi connectivity index (χ1) is 12.2. The maximum absolute atomic E-state index is 12.1. The van der Waals surface area contributed by atoms with E-state index in [4.69, 9.17) is 4.74 Å². The van der Waals surface area contributed by atoms with E-state index in [-0.39, 0.29) is 5.56 Å². The first-order valence-corrected chi connectivity index (χ1v) is 8.68. The van der Waals surface area contributed by atoms with Crippen LogP contribution >= 0.6 is 0 Å². The van der Waals surface area contributed by atoms with Gasteiger partial charge in [0.15, 0.2) is 0 Å². The van der Waals surface area contributed by atoms with Crippen molar-refractivity contribution in [2.45, 2.75) is 26.3 Å². The number of fused-ring (bicyclic) bond motifs is 2. The predicted octanol–water partition coefficient (Wildman–Crippen LogP) is 3.93. The Bertz CT molecular complexity index is 994. The van der Waals surface area contributed by atoms with E-state index in [9.17, 15) is 4.79 Å². The van der Waals surface area contributed by atoms with E-state index >= 15 is 0 Å². The summed E-state index contributed by atoms with van der Waals surface area (Å²) in [5.74, 6) is 1.46. The third-order valence-corrected chi connectivity index (χ3v) is 4.64. The highest BCUT2D eigenvalue weighted by Crippen LogP contribution is 2.44. The van der Waals surface area contributed by atoms with Gasteiger partial charge in [0.1, 0.15) is 17.2 Å². The zero-order valence-corrected chi connectivity index (χ0v) is 14.5. The Morgan fingerprint density at radius 2 is 2.08 bits per heavy atom. The summed E-state index contributed by atoms with van der Waals surface area (Å²) in [7, 11) is 2.14. The zero-order valence-electron chi connectivity index (χ0n) is 14.5. The number of aromatic nitrogens is 2. The maximum Gasteiger partial charge on any atom is 0.272 e. The van der Waals surface area contributed by atoms with E-state index in [1.165, 1.54) is 18.4 Å². The molecule has 0 radical (unpaired) electrons. The van der Waals surface area contributed by atoms with Gasteiger partial charge in [-0.15, -0.1) is 0 Å². The molecule has 0 bridgehead atoms. The van der Waals surface area contributed by atoms with Crippen LogP contribution in [0, 0.1) is 0 Å². The van der Waals surface area contributed by atoms with Gasteiger partial charge in [-0.05, 0) is 49.8 Å². The topological polar surface area (TPSA) is 58.2 Å². The molecule has 128 valence electrons. The number of hydrogen-bond acceptors (Lipinski definition) is 4. The summed E-state index contributed by atoms with van der Waals surface area (Å²) < 4.78 is 6.02. The highest BCUT2D eigenvalue weighted by atomic mass is 16.5. The molecular weight excluding hydrogens is 314 g/mol. The monoisotopic (exact) mass is 335 g/mol. The van der Waals surface area contributed by atoms with Crippen LogP contribution in [0.5, 0.6) is 11.5 Å². The molecule has 1 aliphatic heterocycles. The molecule has 1 aromatic heterocycles. The molecule has 2 heterocycles. The molecule has 1 aliphatic rings. The fraction of sp³-hybridized carbons (Fsp3) is 0.300. The number of H-pyrrole nitrogens is 1. The van der Waals surface area contributed by atoms with Gasteiger partial charge < -0.3 is 9.64 Å². The number of rotatable bonds is 5. The van der Waals surface area contributed by atoms with Crippen LogP contribution in [0.2, 0.25) is 0 Å². The van der Waals surface area contributed by atoms with Crippen molar-refractivity contribution in [1.29, 1.82) is 0 Å². The lowest BCUT2D eigenvalue weighted by molar-refractivity contribution is 0.320. The minimum absolute atomic E-state index is 0.192. The highest BCUT2D eigenvalue weighted by molar-refractivity contribution is 6.01. The zero-order chi connectivity index (χ0) is 17.4. The normalized spacial score (nSPS) is 12.3. The second-order valence-electron chi connectivity index (χ2n) is 6.60. The average molecular weight is 335 g/mol. The van der Waals surface area contributed by atoms with Crippen LogP contribution in [0.1, 0.15) is 25.3 Å². The molecule has 0 amide bonds. The van der Waals surface area contributed by atoms with Gasteiger partial charge in [-0.2, -0.15) is 5.10 Å². The summed E-state index contributed by atoms with van der Waals surface area (Å²) in [5, 5.41) is 8.33. The van der Waals surface area contributed by atoms with Crippen LogP contribution in [-0.2, 0) is 6.54 Å². The number of hydrogen-bond donors (Lipinski definition) is 1. The van der Waals surface area contributed by atoms with Crippen LogP contribution in [0.3, 0.4) is 0 Å². The number of nitrogens with one attached hydrogen (secondary N) is 1. The van der Waals surface area contributed by atoms with Gasteiger partial charge in [-0.25, -0.2) is 5.10 Å². The van der Waals surface area contributed by atoms with Crippen LogP contribution in [0.15, 0.2) is 41.2 Å². The fourth-order valence-corrected chi connectivity index (χ4v) is 3.35. The van der Waals surface area contributed by atoms with Crippen LogP contribution < -0.4 is 10.3 Å². The molecule has 0 saturated carbocycles. The number of ether oxygens (including phenoxy) is 1. The van der Waals surface area contributed by atoms with Gasteiger partial charge in [0.05, 0.1) is 10.8 Å². The highest BCUT2D eigenvalue weighted by Gasteiger charge is 2.23. The van der Waals surface area contributed by atoms with Crippen molar-refractivity contribution in [3.8, 4) is 22.8 Å². The Morgan fingerprint density at radius 1 is 1.20 bits per heavy atom. The van der Waals surface area contributed by atoms with E-state index in [0.29, 0.717) is 11.1 Å². The van der Waals surface area contributed by atoms with Crippen LogP contribution in [0.4, 0.5) is 0 Å². The number of aromatic amines is 1. The number of nitrogens with zero attached hydrogens (tertiary/aromatic N) is 2. The van der Waals surface area contributed by atoms with Crippen molar-refractivity contribution >= 4 is 10.8 Å². The molecule has 0 spiro atoms. The van der Waals surface area contributed by atoms with Gasteiger partial charge in [0.2, 0.25) is 0 Å². The first-order valence-electron chi connectivity index (χ1n) is 8.68. The Kier molecular flexibility index (Phi) is 4.01. The summed E-state index contributed by atoms with van der Waals surface area (Å²) in [6, 6.07) is 11.7. The van der Waals surface area contributed by atoms with Gasteiger partial charge in [-0.1, -0.05) is 25.5 Å². The molecule has 0 fully saturated rings. The van der Waals surface area contributed by atoms with E-state index in [1.54, 1.807) is 6.07 Å². The minimum atomic E-state index is -0.192. The van der Waals surface area contributed by atoms with Crippen LogP contribution in [-0.4, -0.2) is 28.7 Å². The van der Waals surface area contributed by atoms with E-state index in [0.717, 1.165) is 35.5 Å². The average Bonchev–Trinajstić information content (AvgIpc) is 2.62. The van der Waals surface area contributed by atoms with Crippen molar-refractivity contribution in [1.82, 2.24) is 15.1 Å². The predicted molar refractivity (Wildman–Crippen MR) is 99.1 cm³/mol. The third-order valence-electron chi connectivity index (χ3n) is 4.64. The molecule has 5 nitrogen and oxygen atoms in total. The van der Waals surface area contributed by atoms with Crippen molar-refractivity contribution in [2.75, 3.05) is 13.6 Å². The molecule has 5 heteroatoms. The lowest BCUT2D eigenvalue weighted by atomic mass is 9.99. The molecule has 2 aromatic carbocycles. The SMILES string of the molecule is CCCCN(C)Cc1ccc2c(c1)-c1n[nH]c(=O)c3cccc(c13)O2. The second-order valence-corrected chi connectivity index (χ2v) is 6.60. The second kappa shape index (κ2) is 6.33. The standard InChI is InChI=1S/C20H21N3O2/c1-3-4-10-23(2)12-13-8-9-16-15(11-13)19-18-14(20(24)22-21-19)6-5-7-17(18)25-16/h5-9,11H,3-4,10,12H2,1-2H3,(H,22,24). The largest absolute Gasteiger partial charge is 0.456 e. The molecule has 25 heavy (non-hydrogen) atoms. The third kappa shape index (κ3) is 2.81. The Hall–Kier alpha value is -2.66.